The van der Waals surface area contributed by atoms with Crippen molar-refractivity contribution in [3.63, 3.8) is 0 Å². The van der Waals surface area contributed by atoms with E-state index in [0.717, 1.165) is 16.6 Å². The molecule has 0 saturated heterocycles. The molecule has 0 aliphatic carbocycles. The van der Waals surface area contributed by atoms with Gasteiger partial charge in [0.25, 0.3) is 5.91 Å². The topological polar surface area (TPSA) is 44.7 Å². The Kier molecular flexibility index (Phi) is 4.62. The Hall–Kier alpha value is -2.27. The van der Waals surface area contributed by atoms with Crippen molar-refractivity contribution in [1.82, 2.24) is 5.43 Å². The van der Waals surface area contributed by atoms with Gasteiger partial charge in [-0.2, -0.15) is 0 Å². The monoisotopic (exact) mass is 339 g/mol. The molecule has 1 aliphatic heterocycles. The number of hydrogen-bond acceptors (Lipinski definition) is 4. The molecule has 0 aromatic heterocycles. The van der Waals surface area contributed by atoms with Crippen LogP contribution in [0.5, 0.6) is 0 Å². The molecule has 0 bridgehead atoms. The number of rotatable bonds is 2. The fourth-order valence-corrected chi connectivity index (χ4v) is 4.13. The lowest BCUT2D eigenvalue weighted by Gasteiger charge is -2.20. The van der Waals surface area contributed by atoms with Crippen LogP contribution in [0.4, 0.5) is 5.69 Å². The van der Waals surface area contributed by atoms with E-state index >= 15 is 0 Å². The molecule has 124 valence electrons. The summed E-state index contributed by atoms with van der Waals surface area (Å²) in [5.74, 6) is 0.648. The molecule has 1 N–H and O–H groups in total. The Morgan fingerprint density at radius 1 is 1.12 bits per heavy atom. The maximum Gasteiger partial charge on any atom is 0.273 e. The molecule has 0 unspecified atom stereocenters. The van der Waals surface area contributed by atoms with Crippen LogP contribution in [0.25, 0.3) is 0 Å². The number of amides is 1. The average Bonchev–Trinajstić information content (AvgIpc) is 2.66. The molecule has 0 radical (unpaired) electrons. The SMILES string of the molecule is Cc1cc(C)c(CSC2=NNC(=O)c3ccccc3N2C)c(C)c1. The number of anilines is 1. The summed E-state index contributed by atoms with van der Waals surface area (Å²) in [5.41, 5.74) is 9.35. The Bertz CT molecular complexity index is 806. The lowest BCUT2D eigenvalue weighted by atomic mass is 10.0. The summed E-state index contributed by atoms with van der Waals surface area (Å²) in [5, 5.41) is 5.08. The number of para-hydroxylation sites is 1. The first-order valence-electron chi connectivity index (χ1n) is 7.87. The highest BCUT2D eigenvalue weighted by molar-refractivity contribution is 8.13. The number of aryl methyl sites for hydroxylation is 3. The molecule has 2 aromatic rings. The molecule has 1 aliphatic rings. The van der Waals surface area contributed by atoms with Crippen LogP contribution in [0.2, 0.25) is 0 Å². The summed E-state index contributed by atoms with van der Waals surface area (Å²) in [6.45, 7) is 6.41. The van der Waals surface area contributed by atoms with Gasteiger partial charge >= 0.3 is 0 Å². The van der Waals surface area contributed by atoms with Crippen molar-refractivity contribution in [3.05, 3.63) is 64.2 Å². The summed E-state index contributed by atoms with van der Waals surface area (Å²) < 4.78 is 0. The van der Waals surface area contributed by atoms with E-state index in [-0.39, 0.29) is 5.91 Å². The zero-order valence-electron chi connectivity index (χ0n) is 14.4. The van der Waals surface area contributed by atoms with Crippen LogP contribution in [0.3, 0.4) is 0 Å². The second kappa shape index (κ2) is 6.69. The van der Waals surface area contributed by atoms with Crippen molar-refractivity contribution < 1.29 is 4.79 Å². The van der Waals surface area contributed by atoms with E-state index in [0.29, 0.717) is 5.56 Å². The normalized spacial score (nSPS) is 13.9. The van der Waals surface area contributed by atoms with Crippen LogP contribution in [-0.4, -0.2) is 18.1 Å². The van der Waals surface area contributed by atoms with Crippen LogP contribution < -0.4 is 10.3 Å². The lowest BCUT2D eigenvalue weighted by molar-refractivity contribution is 0.0956. The molecule has 4 nitrogen and oxygen atoms in total. The highest BCUT2D eigenvalue weighted by Crippen LogP contribution is 2.28. The summed E-state index contributed by atoms with van der Waals surface area (Å²) in [6, 6.07) is 12.0. The largest absolute Gasteiger partial charge is 0.322 e. The van der Waals surface area contributed by atoms with Gasteiger partial charge < -0.3 is 4.90 Å². The number of amidine groups is 1. The van der Waals surface area contributed by atoms with E-state index < -0.39 is 0 Å². The van der Waals surface area contributed by atoms with Crippen molar-refractivity contribution in [1.29, 1.82) is 0 Å². The predicted molar refractivity (Wildman–Crippen MR) is 102 cm³/mol. The third kappa shape index (κ3) is 3.17. The molecule has 0 spiro atoms. The van der Waals surface area contributed by atoms with Crippen LogP contribution in [-0.2, 0) is 5.75 Å². The van der Waals surface area contributed by atoms with Gasteiger partial charge in [-0.3, -0.25) is 4.79 Å². The van der Waals surface area contributed by atoms with Gasteiger partial charge in [-0.05, 0) is 49.6 Å². The number of carbonyl (C=O) groups excluding carboxylic acids is 1. The Morgan fingerprint density at radius 3 is 2.50 bits per heavy atom. The predicted octanol–water partition coefficient (Wildman–Crippen LogP) is 4.00. The molecule has 2 aromatic carbocycles. The van der Waals surface area contributed by atoms with Crippen molar-refractivity contribution in [3.8, 4) is 0 Å². The second-order valence-electron chi connectivity index (χ2n) is 6.08. The molecule has 0 atom stereocenters. The molecule has 1 amide bonds. The smallest absolute Gasteiger partial charge is 0.273 e. The van der Waals surface area contributed by atoms with Gasteiger partial charge in [-0.1, -0.05) is 41.6 Å². The Labute approximate surface area is 146 Å². The molecular weight excluding hydrogens is 318 g/mol. The maximum atomic E-state index is 12.2. The molecular formula is C19H21N3OS. The quantitative estimate of drug-likeness (QED) is 0.899. The highest BCUT2D eigenvalue weighted by atomic mass is 32.2. The summed E-state index contributed by atoms with van der Waals surface area (Å²) in [7, 11) is 1.94. The summed E-state index contributed by atoms with van der Waals surface area (Å²) >= 11 is 1.63. The van der Waals surface area contributed by atoms with E-state index in [1.54, 1.807) is 11.8 Å². The Balaban J connectivity index is 1.85. The highest BCUT2D eigenvalue weighted by Gasteiger charge is 2.21. The fraction of sp³-hybridized carbons (Fsp3) is 0.263. The van der Waals surface area contributed by atoms with E-state index in [1.165, 1.54) is 22.3 Å². The molecule has 24 heavy (non-hydrogen) atoms. The summed E-state index contributed by atoms with van der Waals surface area (Å²) in [6.07, 6.45) is 0. The van der Waals surface area contributed by atoms with Gasteiger partial charge in [0.1, 0.15) is 0 Å². The third-order valence-electron chi connectivity index (χ3n) is 4.24. The second-order valence-corrected chi connectivity index (χ2v) is 7.02. The molecule has 5 heteroatoms. The minimum atomic E-state index is -0.171. The minimum Gasteiger partial charge on any atom is -0.322 e. The maximum absolute atomic E-state index is 12.2. The first-order valence-corrected chi connectivity index (χ1v) is 8.86. The standard InChI is InChI=1S/C19H21N3OS/c1-12-9-13(2)16(14(3)10-12)11-24-19-21-20-18(23)15-7-5-6-8-17(15)22(19)4/h5-10H,11H2,1-4H3,(H,20,23). The van der Waals surface area contributed by atoms with E-state index in [4.69, 9.17) is 0 Å². The first kappa shape index (κ1) is 16.6. The van der Waals surface area contributed by atoms with Gasteiger partial charge in [-0.25, -0.2) is 5.43 Å². The number of hydrogen-bond donors (Lipinski definition) is 1. The Morgan fingerprint density at radius 2 is 1.79 bits per heavy atom. The van der Waals surface area contributed by atoms with Crippen LogP contribution in [0.1, 0.15) is 32.6 Å². The van der Waals surface area contributed by atoms with Gasteiger partial charge in [0.2, 0.25) is 0 Å². The molecule has 0 saturated carbocycles. The zero-order chi connectivity index (χ0) is 17.3. The van der Waals surface area contributed by atoms with Crippen LogP contribution >= 0.6 is 11.8 Å². The van der Waals surface area contributed by atoms with Gasteiger partial charge in [0.05, 0.1) is 11.3 Å². The molecule has 3 rings (SSSR count). The number of nitrogens with zero attached hydrogens (tertiary/aromatic N) is 2. The zero-order valence-corrected chi connectivity index (χ0v) is 15.2. The number of benzene rings is 2. The number of hydrazone groups is 1. The van der Waals surface area contributed by atoms with Crippen LogP contribution in [0, 0.1) is 20.8 Å². The van der Waals surface area contributed by atoms with Crippen molar-refractivity contribution in [2.45, 2.75) is 26.5 Å². The lowest BCUT2D eigenvalue weighted by Crippen LogP contribution is -2.24. The van der Waals surface area contributed by atoms with Gasteiger partial charge in [0.15, 0.2) is 5.17 Å². The summed E-state index contributed by atoms with van der Waals surface area (Å²) in [4.78, 5) is 14.1. The van der Waals surface area contributed by atoms with Gasteiger partial charge in [-0.15, -0.1) is 5.10 Å². The van der Waals surface area contributed by atoms with E-state index in [2.05, 4.69) is 43.4 Å². The van der Waals surface area contributed by atoms with Crippen molar-refractivity contribution in [2.75, 3.05) is 11.9 Å². The van der Waals surface area contributed by atoms with E-state index in [1.807, 2.05) is 36.2 Å². The number of nitrogens with one attached hydrogen (secondary N) is 1. The number of carbonyl (C=O) groups is 1. The third-order valence-corrected chi connectivity index (χ3v) is 5.29. The molecule has 0 fully saturated rings. The number of thioether (sulfide) groups is 1. The van der Waals surface area contributed by atoms with Crippen molar-refractivity contribution >= 4 is 28.5 Å². The van der Waals surface area contributed by atoms with Crippen molar-refractivity contribution in [2.24, 2.45) is 5.10 Å². The van der Waals surface area contributed by atoms with E-state index in [9.17, 15) is 4.79 Å². The fourth-order valence-electron chi connectivity index (χ4n) is 3.00. The minimum absolute atomic E-state index is 0.171. The average molecular weight is 339 g/mol. The van der Waals surface area contributed by atoms with Crippen LogP contribution in [0.15, 0.2) is 41.5 Å². The van der Waals surface area contributed by atoms with Gasteiger partial charge in [0, 0.05) is 12.8 Å². The first-order chi connectivity index (χ1) is 11.5. The number of fused-ring (bicyclic) bond motifs is 1. The molecule has 1 heterocycles.